The lowest BCUT2D eigenvalue weighted by Crippen LogP contribution is -2.34. The van der Waals surface area contributed by atoms with Crippen molar-refractivity contribution >= 4 is 50.5 Å². The summed E-state index contributed by atoms with van der Waals surface area (Å²) in [6.45, 7) is 2.44. The molecule has 0 aliphatic carbocycles. The maximum Gasteiger partial charge on any atom is 0.326 e. The normalized spacial score (nSPS) is 13.6. The molecule has 6 nitrogen and oxygen atoms in total. The molecule has 0 radical (unpaired) electrons. The van der Waals surface area contributed by atoms with Crippen molar-refractivity contribution in [1.29, 1.82) is 5.26 Å². The summed E-state index contributed by atoms with van der Waals surface area (Å²) in [6.07, 6.45) is 6.27. The lowest BCUT2D eigenvalue weighted by atomic mass is 10.0. The number of benzene rings is 2. The van der Waals surface area contributed by atoms with E-state index in [1.807, 2.05) is 36.4 Å². The van der Waals surface area contributed by atoms with E-state index in [1.165, 1.54) is 12.1 Å². The third-order valence-corrected chi connectivity index (χ3v) is 7.18. The van der Waals surface area contributed by atoms with Crippen LogP contribution in [0.1, 0.15) is 27.9 Å². The van der Waals surface area contributed by atoms with Crippen molar-refractivity contribution in [3.8, 4) is 6.07 Å². The van der Waals surface area contributed by atoms with Gasteiger partial charge in [-0.3, -0.25) is 9.47 Å². The molecule has 9 heteroatoms. The Morgan fingerprint density at radius 3 is 2.89 bits per heavy atom. The summed E-state index contributed by atoms with van der Waals surface area (Å²) in [5.41, 5.74) is 5.04. The van der Waals surface area contributed by atoms with Gasteiger partial charge in [-0.2, -0.15) is 5.26 Å². The fraction of sp³-hybridized carbons (Fsp3) is 0.179. The minimum Gasteiger partial charge on any atom is -0.333 e. The summed E-state index contributed by atoms with van der Waals surface area (Å²) in [4.78, 5) is 19.8. The molecule has 5 rings (SSSR count). The van der Waals surface area contributed by atoms with E-state index >= 15 is 0 Å². The molecule has 2 aromatic heterocycles. The van der Waals surface area contributed by atoms with Crippen LogP contribution in [0.3, 0.4) is 0 Å². The third-order valence-electron chi connectivity index (χ3n) is 6.42. The molecule has 0 saturated carbocycles. The molecule has 186 valence electrons. The lowest BCUT2D eigenvalue weighted by Gasteiger charge is -2.27. The van der Waals surface area contributed by atoms with Crippen LogP contribution in [0, 0.1) is 17.1 Å². The fourth-order valence-electron chi connectivity index (χ4n) is 4.65. The van der Waals surface area contributed by atoms with Gasteiger partial charge >= 0.3 is 6.03 Å². The highest BCUT2D eigenvalue weighted by atomic mass is 79.9. The Labute approximate surface area is 227 Å². The highest BCUT2D eigenvalue weighted by Crippen LogP contribution is 2.32. The summed E-state index contributed by atoms with van der Waals surface area (Å²) >= 11 is 9.50. The number of hydrogen-bond acceptors (Lipinski definition) is 4. The van der Waals surface area contributed by atoms with Crippen LogP contribution in [0.5, 0.6) is 0 Å². The summed E-state index contributed by atoms with van der Waals surface area (Å²) < 4.78 is 15.8. The van der Waals surface area contributed by atoms with Gasteiger partial charge in [0.15, 0.2) is 0 Å². The van der Waals surface area contributed by atoms with Crippen molar-refractivity contribution in [2.24, 2.45) is 0 Å². The van der Waals surface area contributed by atoms with E-state index in [-0.39, 0.29) is 11.8 Å². The zero-order valence-electron chi connectivity index (χ0n) is 19.7. The van der Waals surface area contributed by atoms with Gasteiger partial charge in [0.2, 0.25) is 0 Å². The number of nitrogens with one attached hydrogen (secondary N) is 1. The first-order valence-electron chi connectivity index (χ1n) is 11.7. The first-order chi connectivity index (χ1) is 17.9. The van der Waals surface area contributed by atoms with Crippen molar-refractivity contribution in [3.63, 3.8) is 0 Å². The number of nitriles is 1. The van der Waals surface area contributed by atoms with Crippen LogP contribution in [0.25, 0.3) is 17.0 Å². The van der Waals surface area contributed by atoms with Gasteiger partial charge in [0.05, 0.1) is 22.2 Å². The largest absolute Gasteiger partial charge is 0.333 e. The number of halogens is 3. The van der Waals surface area contributed by atoms with Gasteiger partial charge in [0.1, 0.15) is 10.4 Å². The topological polar surface area (TPSA) is 74.0 Å². The molecule has 1 amide bonds. The number of fused-ring (bicyclic) bond motifs is 3. The number of rotatable bonds is 5. The van der Waals surface area contributed by atoms with E-state index in [0.717, 1.165) is 39.8 Å². The second-order valence-electron chi connectivity index (χ2n) is 8.80. The first-order valence-corrected chi connectivity index (χ1v) is 12.9. The molecule has 1 aliphatic heterocycles. The highest BCUT2D eigenvalue weighted by molar-refractivity contribution is 9.10. The van der Waals surface area contributed by atoms with Crippen molar-refractivity contribution in [2.45, 2.75) is 19.5 Å². The predicted octanol–water partition coefficient (Wildman–Crippen LogP) is 6.29. The summed E-state index contributed by atoms with van der Waals surface area (Å²) in [5, 5.41) is 13.8. The summed E-state index contributed by atoms with van der Waals surface area (Å²) in [7, 11) is 0. The number of carbonyl (C=O) groups is 1. The second-order valence-corrected chi connectivity index (χ2v) is 10.0. The molecule has 3 heterocycles. The maximum absolute atomic E-state index is 13.4. The van der Waals surface area contributed by atoms with Crippen LogP contribution in [0.4, 0.5) is 9.18 Å². The van der Waals surface area contributed by atoms with Crippen LogP contribution < -0.4 is 5.32 Å². The van der Waals surface area contributed by atoms with Gasteiger partial charge in [-0.1, -0.05) is 29.8 Å². The van der Waals surface area contributed by atoms with E-state index < -0.39 is 0 Å². The zero-order valence-corrected chi connectivity index (χ0v) is 22.1. The Morgan fingerprint density at radius 1 is 1.24 bits per heavy atom. The van der Waals surface area contributed by atoms with Gasteiger partial charge in [0.25, 0.3) is 0 Å². The van der Waals surface area contributed by atoms with Crippen molar-refractivity contribution in [2.75, 3.05) is 13.1 Å². The minimum absolute atomic E-state index is 0.205. The molecular formula is C28H22BrClFN5O. The summed E-state index contributed by atoms with van der Waals surface area (Å²) in [5.74, 6) is -0.364. The first kappa shape index (κ1) is 25.2. The van der Waals surface area contributed by atoms with E-state index in [1.54, 1.807) is 22.9 Å². The quantitative estimate of drug-likeness (QED) is 0.282. The minimum atomic E-state index is -0.364. The van der Waals surface area contributed by atoms with Crippen LogP contribution in [0.15, 0.2) is 65.4 Å². The Balaban J connectivity index is 1.39. The van der Waals surface area contributed by atoms with Gasteiger partial charge in [-0.05, 0) is 75.1 Å². The standard InChI is InChI=1S/C28H22BrClFN5O/c29-27-13-19(7-9-33-27)16-34-28(37)36-25-6-3-18(15-32)12-22(25)23-17-35(11-8-26(23)36)10-1-2-20-4-5-21(31)14-24(20)30/h1-7,9,12-14H,8,10-11,16-17H2,(H,34,37). The molecular weight excluding hydrogens is 557 g/mol. The van der Waals surface area contributed by atoms with E-state index in [2.05, 4.69) is 37.2 Å². The van der Waals surface area contributed by atoms with Gasteiger partial charge in [-0.25, -0.2) is 14.2 Å². The zero-order chi connectivity index (χ0) is 25.9. The Morgan fingerprint density at radius 2 is 2.11 bits per heavy atom. The monoisotopic (exact) mass is 577 g/mol. The van der Waals surface area contributed by atoms with Crippen LogP contribution in [-0.2, 0) is 19.5 Å². The molecule has 37 heavy (non-hydrogen) atoms. The number of amides is 1. The summed E-state index contributed by atoms with van der Waals surface area (Å²) in [6, 6.07) is 15.5. The van der Waals surface area contributed by atoms with Gasteiger partial charge in [-0.15, -0.1) is 0 Å². The molecule has 1 N–H and O–H groups in total. The highest BCUT2D eigenvalue weighted by Gasteiger charge is 2.26. The Hall–Kier alpha value is -3.51. The second kappa shape index (κ2) is 10.9. The van der Waals surface area contributed by atoms with Gasteiger partial charge < -0.3 is 5.32 Å². The molecule has 0 atom stereocenters. The number of aromatic nitrogens is 2. The van der Waals surface area contributed by atoms with E-state index in [0.29, 0.717) is 41.2 Å². The van der Waals surface area contributed by atoms with E-state index in [9.17, 15) is 14.4 Å². The van der Waals surface area contributed by atoms with Crippen molar-refractivity contribution in [3.05, 3.63) is 104 Å². The van der Waals surface area contributed by atoms with Crippen molar-refractivity contribution < 1.29 is 9.18 Å². The van der Waals surface area contributed by atoms with E-state index in [4.69, 9.17) is 11.6 Å². The number of hydrogen-bond donors (Lipinski definition) is 1. The lowest BCUT2D eigenvalue weighted by molar-refractivity contribution is 0.240. The average Bonchev–Trinajstić information content (AvgIpc) is 3.21. The smallest absolute Gasteiger partial charge is 0.326 e. The Bertz CT molecular complexity index is 1580. The molecule has 2 aromatic carbocycles. The fourth-order valence-corrected chi connectivity index (χ4v) is 5.29. The molecule has 4 aromatic rings. The number of carbonyl (C=O) groups excluding carboxylic acids is 1. The number of pyridine rings is 1. The van der Waals surface area contributed by atoms with Crippen LogP contribution in [-0.4, -0.2) is 33.6 Å². The third kappa shape index (κ3) is 5.44. The molecule has 1 aliphatic rings. The molecule has 0 spiro atoms. The maximum atomic E-state index is 13.4. The molecule has 0 bridgehead atoms. The molecule has 0 fully saturated rings. The van der Waals surface area contributed by atoms with Crippen LogP contribution in [0.2, 0.25) is 5.02 Å². The predicted molar refractivity (Wildman–Crippen MR) is 146 cm³/mol. The van der Waals surface area contributed by atoms with Crippen LogP contribution >= 0.6 is 27.5 Å². The molecule has 0 unspecified atom stereocenters. The number of nitrogens with zero attached hydrogens (tertiary/aromatic N) is 4. The molecule has 0 saturated heterocycles. The SMILES string of the molecule is N#Cc1ccc2c(c1)c1c(n2C(=O)NCc2ccnc(Br)c2)CCN(CC=Cc2ccc(F)cc2Cl)C1. The van der Waals surface area contributed by atoms with Gasteiger partial charge in [0, 0.05) is 49.9 Å². The average molecular weight is 579 g/mol. The Kier molecular flexibility index (Phi) is 7.38. The van der Waals surface area contributed by atoms with Crippen molar-refractivity contribution in [1.82, 2.24) is 19.8 Å².